The van der Waals surface area contributed by atoms with Gasteiger partial charge in [0.2, 0.25) is 4.87 Å². The first-order valence-electron chi connectivity index (χ1n) is 5.56. The van der Waals surface area contributed by atoms with E-state index in [0.717, 1.165) is 5.56 Å². The Bertz CT molecular complexity index is 389. The molecule has 0 aliphatic carbocycles. The van der Waals surface area contributed by atoms with Gasteiger partial charge in [-0.3, -0.25) is 0 Å². The second-order valence-corrected chi connectivity index (χ2v) is 5.28. The van der Waals surface area contributed by atoms with Crippen LogP contribution in [0.1, 0.15) is 19.4 Å². The zero-order valence-electron chi connectivity index (χ0n) is 9.90. The minimum atomic E-state index is -0.828. The molecule has 17 heavy (non-hydrogen) atoms. The standard InChI is InChI=1S/C12H16N2O2S/c1-9(2)16-11(15)12(14-13-8-17-12)10-6-4-3-5-7-10/h3-7,9,13-14H,8H2,1-2H3. The molecule has 1 aliphatic heterocycles. The van der Waals surface area contributed by atoms with Crippen molar-refractivity contribution in [2.75, 3.05) is 5.88 Å². The van der Waals surface area contributed by atoms with Gasteiger partial charge in [0.25, 0.3) is 0 Å². The van der Waals surface area contributed by atoms with E-state index in [4.69, 9.17) is 4.74 Å². The maximum absolute atomic E-state index is 12.2. The molecule has 1 heterocycles. The summed E-state index contributed by atoms with van der Waals surface area (Å²) in [6.07, 6.45) is -0.119. The van der Waals surface area contributed by atoms with Gasteiger partial charge in [0.05, 0.1) is 12.0 Å². The highest BCUT2D eigenvalue weighted by Crippen LogP contribution is 2.37. The average molecular weight is 252 g/mol. The number of nitrogens with one attached hydrogen (secondary N) is 2. The van der Waals surface area contributed by atoms with Crippen LogP contribution in [-0.2, 0) is 14.4 Å². The summed E-state index contributed by atoms with van der Waals surface area (Å²) in [7, 11) is 0. The van der Waals surface area contributed by atoms with Crippen molar-refractivity contribution in [1.29, 1.82) is 0 Å². The van der Waals surface area contributed by atoms with E-state index in [2.05, 4.69) is 10.9 Å². The minimum Gasteiger partial charge on any atom is -0.461 e. The van der Waals surface area contributed by atoms with Gasteiger partial charge in [-0.25, -0.2) is 15.6 Å². The molecule has 1 aromatic rings. The van der Waals surface area contributed by atoms with E-state index in [9.17, 15) is 4.79 Å². The third-order valence-corrected chi connectivity index (χ3v) is 3.66. The highest BCUT2D eigenvalue weighted by molar-refractivity contribution is 8.01. The molecule has 1 aromatic carbocycles. The predicted molar refractivity (Wildman–Crippen MR) is 68.1 cm³/mol. The summed E-state index contributed by atoms with van der Waals surface area (Å²) in [4.78, 5) is 11.4. The molecule has 1 aliphatic rings. The molecule has 92 valence electrons. The van der Waals surface area contributed by atoms with Gasteiger partial charge in [0.1, 0.15) is 0 Å². The number of esters is 1. The van der Waals surface area contributed by atoms with E-state index < -0.39 is 4.87 Å². The fourth-order valence-corrected chi connectivity index (χ4v) is 2.67. The molecule has 0 aromatic heterocycles. The van der Waals surface area contributed by atoms with Crippen LogP contribution in [0.15, 0.2) is 30.3 Å². The lowest BCUT2D eigenvalue weighted by Crippen LogP contribution is -2.47. The third-order valence-electron chi connectivity index (χ3n) is 2.44. The van der Waals surface area contributed by atoms with Gasteiger partial charge in [0.15, 0.2) is 0 Å². The molecule has 1 saturated heterocycles. The Morgan fingerprint density at radius 3 is 2.65 bits per heavy atom. The molecule has 1 unspecified atom stereocenters. The topological polar surface area (TPSA) is 50.4 Å². The van der Waals surface area contributed by atoms with E-state index in [1.807, 2.05) is 44.2 Å². The third kappa shape index (κ3) is 2.46. The van der Waals surface area contributed by atoms with Gasteiger partial charge in [-0.1, -0.05) is 30.3 Å². The largest absolute Gasteiger partial charge is 0.461 e. The number of carbonyl (C=O) groups excluding carboxylic acids is 1. The van der Waals surface area contributed by atoms with Crippen LogP contribution in [0, 0.1) is 0 Å². The smallest absolute Gasteiger partial charge is 0.343 e. The lowest BCUT2D eigenvalue weighted by atomic mass is 10.1. The molecule has 0 amide bonds. The first-order chi connectivity index (χ1) is 8.15. The molecule has 1 fully saturated rings. The van der Waals surface area contributed by atoms with E-state index in [0.29, 0.717) is 5.88 Å². The highest BCUT2D eigenvalue weighted by Gasteiger charge is 2.45. The fourth-order valence-electron chi connectivity index (χ4n) is 1.69. The maximum Gasteiger partial charge on any atom is 0.343 e. The van der Waals surface area contributed by atoms with Crippen molar-refractivity contribution in [1.82, 2.24) is 10.9 Å². The molecule has 0 saturated carbocycles. The number of hydrazine groups is 1. The SMILES string of the molecule is CC(C)OC(=O)C1(c2ccccc2)NNCS1. The number of rotatable bonds is 3. The quantitative estimate of drug-likeness (QED) is 0.800. The fraction of sp³-hybridized carbons (Fsp3) is 0.417. The first kappa shape index (κ1) is 12.4. The predicted octanol–water partition coefficient (Wildman–Crippen LogP) is 1.59. The van der Waals surface area contributed by atoms with Gasteiger partial charge in [-0.2, -0.15) is 0 Å². The Morgan fingerprint density at radius 1 is 1.41 bits per heavy atom. The van der Waals surface area contributed by atoms with Gasteiger partial charge < -0.3 is 4.74 Å². The molecule has 0 radical (unpaired) electrons. The average Bonchev–Trinajstić information content (AvgIpc) is 2.79. The van der Waals surface area contributed by atoms with Gasteiger partial charge in [-0.05, 0) is 19.4 Å². The van der Waals surface area contributed by atoms with Crippen molar-refractivity contribution in [3.05, 3.63) is 35.9 Å². The summed E-state index contributed by atoms with van der Waals surface area (Å²) in [5.41, 5.74) is 6.91. The second-order valence-electron chi connectivity index (χ2n) is 4.09. The lowest BCUT2D eigenvalue weighted by molar-refractivity contribution is -0.151. The summed E-state index contributed by atoms with van der Waals surface area (Å²) >= 11 is 1.50. The van der Waals surface area contributed by atoms with Crippen molar-refractivity contribution in [2.24, 2.45) is 0 Å². The van der Waals surface area contributed by atoms with Crippen LogP contribution >= 0.6 is 11.8 Å². The number of benzene rings is 1. The number of thioether (sulfide) groups is 1. The monoisotopic (exact) mass is 252 g/mol. The molecule has 4 nitrogen and oxygen atoms in total. The highest BCUT2D eigenvalue weighted by atomic mass is 32.2. The molecule has 0 spiro atoms. The molecule has 0 bridgehead atoms. The Morgan fingerprint density at radius 2 is 2.12 bits per heavy atom. The number of carbonyl (C=O) groups is 1. The molecule has 2 N–H and O–H groups in total. The summed E-state index contributed by atoms with van der Waals surface area (Å²) in [6.45, 7) is 3.70. The minimum absolute atomic E-state index is 0.119. The van der Waals surface area contributed by atoms with Gasteiger partial charge in [0, 0.05) is 0 Å². The zero-order chi connectivity index (χ0) is 12.3. The van der Waals surface area contributed by atoms with Crippen molar-refractivity contribution in [2.45, 2.75) is 24.8 Å². The van der Waals surface area contributed by atoms with Crippen molar-refractivity contribution in [3.8, 4) is 0 Å². The summed E-state index contributed by atoms with van der Waals surface area (Å²) < 4.78 is 5.33. The van der Waals surface area contributed by atoms with Crippen LogP contribution in [0.25, 0.3) is 0 Å². The van der Waals surface area contributed by atoms with Crippen LogP contribution in [0.4, 0.5) is 0 Å². The van der Waals surface area contributed by atoms with E-state index >= 15 is 0 Å². The molecule has 5 heteroatoms. The van der Waals surface area contributed by atoms with E-state index in [1.165, 1.54) is 11.8 Å². The van der Waals surface area contributed by atoms with Crippen LogP contribution in [-0.4, -0.2) is 18.0 Å². The summed E-state index contributed by atoms with van der Waals surface area (Å²) in [6, 6.07) is 9.61. The molecular weight excluding hydrogens is 236 g/mol. The van der Waals surface area contributed by atoms with Crippen LogP contribution < -0.4 is 10.9 Å². The van der Waals surface area contributed by atoms with E-state index in [1.54, 1.807) is 0 Å². The Balaban J connectivity index is 2.30. The summed E-state index contributed by atoms with van der Waals surface area (Å²) in [5.74, 6) is 0.413. The molecular formula is C12H16N2O2S. The van der Waals surface area contributed by atoms with E-state index in [-0.39, 0.29) is 12.1 Å². The molecule has 2 rings (SSSR count). The normalized spacial score (nSPS) is 23.9. The number of hydrogen-bond acceptors (Lipinski definition) is 5. The molecule has 1 atom stereocenters. The number of ether oxygens (including phenoxy) is 1. The Hall–Kier alpha value is -1.04. The van der Waals surface area contributed by atoms with Crippen molar-refractivity contribution in [3.63, 3.8) is 0 Å². The Kier molecular flexibility index (Phi) is 3.71. The van der Waals surface area contributed by atoms with Gasteiger partial charge in [-0.15, -0.1) is 11.8 Å². The van der Waals surface area contributed by atoms with Gasteiger partial charge >= 0.3 is 5.97 Å². The van der Waals surface area contributed by atoms with Crippen molar-refractivity contribution < 1.29 is 9.53 Å². The zero-order valence-corrected chi connectivity index (χ0v) is 10.7. The van der Waals surface area contributed by atoms with Crippen LogP contribution in [0.5, 0.6) is 0 Å². The number of hydrogen-bond donors (Lipinski definition) is 2. The maximum atomic E-state index is 12.2. The van der Waals surface area contributed by atoms with Crippen LogP contribution in [0.3, 0.4) is 0 Å². The second kappa shape index (κ2) is 5.08. The first-order valence-corrected chi connectivity index (χ1v) is 6.54. The van der Waals surface area contributed by atoms with Crippen LogP contribution in [0.2, 0.25) is 0 Å². The lowest BCUT2D eigenvalue weighted by Gasteiger charge is -2.26. The summed E-state index contributed by atoms with van der Waals surface area (Å²) in [5, 5.41) is 0. The van der Waals surface area contributed by atoms with Crippen molar-refractivity contribution >= 4 is 17.7 Å². The Labute approximate surface area is 105 Å².